The van der Waals surface area contributed by atoms with Crippen LogP contribution in [0.2, 0.25) is 0 Å². The third-order valence-electron chi connectivity index (χ3n) is 4.76. The summed E-state index contributed by atoms with van der Waals surface area (Å²) in [5.74, 6) is 0.846. The first-order valence-electron chi connectivity index (χ1n) is 8.77. The fourth-order valence-electron chi connectivity index (χ4n) is 3.48. The van der Waals surface area contributed by atoms with E-state index in [1.807, 2.05) is 41.3 Å². The molecule has 0 bridgehead atoms. The van der Waals surface area contributed by atoms with Crippen LogP contribution in [0.4, 0.5) is 0 Å². The molecule has 1 aliphatic rings. The molecule has 4 heteroatoms. The van der Waals surface area contributed by atoms with Gasteiger partial charge in [-0.1, -0.05) is 60.7 Å². The molecule has 1 aliphatic heterocycles. The van der Waals surface area contributed by atoms with E-state index in [4.69, 9.17) is 0 Å². The summed E-state index contributed by atoms with van der Waals surface area (Å²) in [5.41, 5.74) is 2.89. The normalized spacial score (nSPS) is 14.2. The van der Waals surface area contributed by atoms with Crippen LogP contribution < -0.4 is 0 Å². The molecule has 1 N–H and O–H groups in total. The first kappa shape index (κ1) is 15.6. The number of imidazole rings is 1. The highest BCUT2D eigenvalue weighted by atomic mass is 16.2. The molecule has 0 aliphatic carbocycles. The molecule has 0 radical (unpaired) electrons. The lowest BCUT2D eigenvalue weighted by molar-refractivity contribution is 0.0787. The number of aromatic amines is 1. The molecule has 1 saturated heterocycles. The number of rotatable bonds is 4. The predicted molar refractivity (Wildman–Crippen MR) is 97.6 cm³/mol. The van der Waals surface area contributed by atoms with Gasteiger partial charge in [-0.2, -0.15) is 0 Å². The summed E-state index contributed by atoms with van der Waals surface area (Å²) in [5, 5.41) is 0. The molecule has 4 rings (SSSR count). The van der Waals surface area contributed by atoms with E-state index in [2.05, 4.69) is 34.2 Å². The van der Waals surface area contributed by atoms with Crippen molar-refractivity contribution in [3.63, 3.8) is 0 Å². The minimum absolute atomic E-state index is 0.0115. The third-order valence-corrected chi connectivity index (χ3v) is 4.76. The number of nitrogens with one attached hydrogen (secondary N) is 1. The first-order valence-corrected chi connectivity index (χ1v) is 8.77. The molecule has 126 valence electrons. The predicted octanol–water partition coefficient (Wildman–Crippen LogP) is 3.83. The fraction of sp³-hybridized carbons (Fsp3) is 0.238. The molecule has 2 heterocycles. The van der Waals surface area contributed by atoms with Gasteiger partial charge in [-0.25, -0.2) is 4.98 Å². The van der Waals surface area contributed by atoms with E-state index in [0.29, 0.717) is 5.69 Å². The molecule has 3 aromatic rings. The maximum absolute atomic E-state index is 12.6. The quantitative estimate of drug-likeness (QED) is 0.790. The van der Waals surface area contributed by atoms with E-state index < -0.39 is 0 Å². The Morgan fingerprint density at radius 1 is 0.920 bits per heavy atom. The van der Waals surface area contributed by atoms with Crippen molar-refractivity contribution >= 4 is 5.91 Å². The molecule has 2 aromatic carbocycles. The first-order chi connectivity index (χ1) is 12.3. The van der Waals surface area contributed by atoms with Gasteiger partial charge in [0.15, 0.2) is 0 Å². The Labute approximate surface area is 147 Å². The van der Waals surface area contributed by atoms with E-state index in [9.17, 15) is 4.79 Å². The Hall–Kier alpha value is -2.88. The zero-order valence-electron chi connectivity index (χ0n) is 14.1. The molecule has 0 saturated carbocycles. The SMILES string of the molecule is O=C(c1cnc(C(c2ccccc2)c2ccccc2)[nH]1)N1CCCC1. The number of likely N-dealkylation sites (tertiary alicyclic amines) is 1. The molecule has 1 aromatic heterocycles. The molecule has 4 nitrogen and oxygen atoms in total. The number of nitrogens with zero attached hydrogens (tertiary/aromatic N) is 2. The van der Waals surface area contributed by atoms with Crippen LogP contribution in [-0.2, 0) is 0 Å². The van der Waals surface area contributed by atoms with Crippen molar-refractivity contribution in [2.45, 2.75) is 18.8 Å². The second-order valence-corrected chi connectivity index (χ2v) is 6.44. The Morgan fingerprint density at radius 3 is 2.04 bits per heavy atom. The van der Waals surface area contributed by atoms with Gasteiger partial charge in [0.25, 0.3) is 5.91 Å². The van der Waals surface area contributed by atoms with Crippen molar-refractivity contribution in [2.75, 3.05) is 13.1 Å². The zero-order chi connectivity index (χ0) is 17.1. The summed E-state index contributed by atoms with van der Waals surface area (Å²) < 4.78 is 0. The highest BCUT2D eigenvalue weighted by molar-refractivity contribution is 5.92. The topological polar surface area (TPSA) is 49.0 Å². The van der Waals surface area contributed by atoms with Crippen molar-refractivity contribution in [3.05, 3.63) is 89.5 Å². The molecule has 0 unspecified atom stereocenters. The third kappa shape index (κ3) is 3.20. The minimum Gasteiger partial charge on any atom is -0.337 e. The van der Waals surface area contributed by atoms with Gasteiger partial charge in [0.1, 0.15) is 11.5 Å². The van der Waals surface area contributed by atoms with Crippen LogP contribution >= 0.6 is 0 Å². The summed E-state index contributed by atoms with van der Waals surface area (Å²) >= 11 is 0. The van der Waals surface area contributed by atoms with Crippen molar-refractivity contribution in [2.24, 2.45) is 0 Å². The number of hydrogen-bond donors (Lipinski definition) is 1. The van der Waals surface area contributed by atoms with Gasteiger partial charge >= 0.3 is 0 Å². The molecule has 0 atom stereocenters. The lowest BCUT2D eigenvalue weighted by atomic mass is 9.91. The maximum atomic E-state index is 12.6. The molecular weight excluding hydrogens is 310 g/mol. The van der Waals surface area contributed by atoms with Crippen molar-refractivity contribution < 1.29 is 4.79 Å². The average Bonchev–Trinajstić information content (AvgIpc) is 3.36. The molecule has 1 amide bonds. The van der Waals surface area contributed by atoms with E-state index in [1.165, 1.54) is 0 Å². The summed E-state index contributed by atoms with van der Waals surface area (Å²) in [6.45, 7) is 1.68. The Balaban J connectivity index is 1.70. The van der Waals surface area contributed by atoms with Gasteiger partial charge in [0.2, 0.25) is 0 Å². The van der Waals surface area contributed by atoms with Crippen molar-refractivity contribution in [3.8, 4) is 0 Å². The van der Waals surface area contributed by atoms with Gasteiger partial charge in [-0.15, -0.1) is 0 Å². The number of aromatic nitrogens is 2. The second-order valence-electron chi connectivity index (χ2n) is 6.44. The van der Waals surface area contributed by atoms with Gasteiger partial charge in [0.05, 0.1) is 12.1 Å². The number of hydrogen-bond acceptors (Lipinski definition) is 2. The highest BCUT2D eigenvalue weighted by Crippen LogP contribution is 2.30. The number of carbonyl (C=O) groups is 1. The van der Waals surface area contributed by atoms with E-state index in [1.54, 1.807) is 6.20 Å². The van der Waals surface area contributed by atoms with Gasteiger partial charge < -0.3 is 9.88 Å². The standard InChI is InChI=1S/C21H21N3O/c25-21(24-13-7-8-14-24)18-15-22-20(23-18)19(16-9-3-1-4-10-16)17-11-5-2-6-12-17/h1-6,9-12,15,19H,7-8,13-14H2,(H,22,23). The van der Waals surface area contributed by atoms with Crippen LogP contribution in [0.1, 0.15) is 46.2 Å². The van der Waals surface area contributed by atoms with Gasteiger partial charge in [-0.3, -0.25) is 4.79 Å². The lowest BCUT2D eigenvalue weighted by Crippen LogP contribution is -2.27. The van der Waals surface area contributed by atoms with E-state index >= 15 is 0 Å². The number of benzene rings is 2. The van der Waals surface area contributed by atoms with Crippen LogP contribution in [0, 0.1) is 0 Å². The van der Waals surface area contributed by atoms with Crippen LogP contribution in [0.15, 0.2) is 66.9 Å². The number of H-pyrrole nitrogens is 1. The van der Waals surface area contributed by atoms with Gasteiger partial charge in [-0.05, 0) is 24.0 Å². The van der Waals surface area contributed by atoms with Gasteiger partial charge in [0, 0.05) is 13.1 Å². The zero-order valence-corrected chi connectivity index (χ0v) is 14.1. The average molecular weight is 331 g/mol. The summed E-state index contributed by atoms with van der Waals surface area (Å²) in [6, 6.07) is 20.5. The van der Waals surface area contributed by atoms with Crippen molar-refractivity contribution in [1.29, 1.82) is 0 Å². The van der Waals surface area contributed by atoms with Crippen LogP contribution in [0.3, 0.4) is 0 Å². The second kappa shape index (κ2) is 6.93. The monoisotopic (exact) mass is 331 g/mol. The van der Waals surface area contributed by atoms with Crippen LogP contribution in [0.5, 0.6) is 0 Å². The highest BCUT2D eigenvalue weighted by Gasteiger charge is 2.24. The Kier molecular flexibility index (Phi) is 4.34. The Bertz CT molecular complexity index is 796. The maximum Gasteiger partial charge on any atom is 0.271 e. The molecule has 1 fully saturated rings. The molecule has 25 heavy (non-hydrogen) atoms. The summed E-state index contributed by atoms with van der Waals surface area (Å²) in [4.78, 5) is 22.4. The Morgan fingerprint density at radius 2 is 1.48 bits per heavy atom. The minimum atomic E-state index is -0.0115. The fourth-order valence-corrected chi connectivity index (χ4v) is 3.48. The smallest absolute Gasteiger partial charge is 0.271 e. The van der Waals surface area contributed by atoms with Crippen LogP contribution in [0.25, 0.3) is 0 Å². The summed E-state index contributed by atoms with van der Waals surface area (Å²) in [7, 11) is 0. The van der Waals surface area contributed by atoms with Crippen molar-refractivity contribution in [1.82, 2.24) is 14.9 Å². The summed E-state index contributed by atoms with van der Waals surface area (Å²) in [6.07, 6.45) is 3.85. The van der Waals surface area contributed by atoms with E-state index in [0.717, 1.165) is 42.9 Å². The van der Waals surface area contributed by atoms with E-state index in [-0.39, 0.29) is 11.8 Å². The molecular formula is C21H21N3O. The molecule has 0 spiro atoms. The number of amides is 1. The van der Waals surface area contributed by atoms with Crippen LogP contribution in [-0.4, -0.2) is 33.9 Å². The largest absolute Gasteiger partial charge is 0.337 e. The lowest BCUT2D eigenvalue weighted by Gasteiger charge is -2.16. The number of carbonyl (C=O) groups excluding carboxylic acids is 1.